The van der Waals surface area contributed by atoms with Crippen LogP contribution in [0.25, 0.3) is 5.65 Å². The minimum absolute atomic E-state index is 0. The molecule has 156 valence electrons. The molecule has 6 nitrogen and oxygen atoms in total. The molecule has 0 amide bonds. The van der Waals surface area contributed by atoms with Crippen molar-refractivity contribution in [3.63, 3.8) is 0 Å². The van der Waals surface area contributed by atoms with Crippen LogP contribution >= 0.6 is 35.3 Å². The van der Waals surface area contributed by atoms with Gasteiger partial charge in [-0.1, -0.05) is 31.4 Å². The van der Waals surface area contributed by atoms with Crippen LogP contribution in [0.2, 0.25) is 0 Å². The fourth-order valence-corrected chi connectivity index (χ4v) is 5.13. The average Bonchev–Trinajstić information content (AvgIpc) is 3.42. The number of hydrogen-bond acceptors (Lipinski definition) is 4. The highest BCUT2D eigenvalue weighted by molar-refractivity contribution is 14.0. The molecule has 1 aliphatic rings. The number of pyridine rings is 1. The smallest absolute Gasteiger partial charge is 0.191 e. The first-order valence-corrected chi connectivity index (χ1v) is 11.0. The molecule has 0 radical (unpaired) electrons. The van der Waals surface area contributed by atoms with Gasteiger partial charge in [0.2, 0.25) is 0 Å². The van der Waals surface area contributed by atoms with E-state index in [0.29, 0.717) is 0 Å². The van der Waals surface area contributed by atoms with Gasteiger partial charge >= 0.3 is 0 Å². The number of guanidine groups is 1. The lowest BCUT2D eigenvalue weighted by molar-refractivity contribution is 0.296. The first-order valence-electron chi connectivity index (χ1n) is 10.1. The number of nitrogens with zero attached hydrogens (tertiary/aromatic N) is 4. The van der Waals surface area contributed by atoms with Crippen LogP contribution in [0.4, 0.5) is 0 Å². The summed E-state index contributed by atoms with van der Waals surface area (Å²) in [7, 11) is 1.83. The van der Waals surface area contributed by atoms with E-state index in [9.17, 15) is 0 Å². The van der Waals surface area contributed by atoms with Crippen LogP contribution in [0.15, 0.2) is 46.9 Å². The molecule has 0 saturated heterocycles. The van der Waals surface area contributed by atoms with Crippen molar-refractivity contribution < 1.29 is 0 Å². The van der Waals surface area contributed by atoms with E-state index in [4.69, 9.17) is 0 Å². The van der Waals surface area contributed by atoms with Gasteiger partial charge in [-0.2, -0.15) is 0 Å². The van der Waals surface area contributed by atoms with Crippen molar-refractivity contribution in [1.29, 1.82) is 0 Å². The molecule has 0 unspecified atom stereocenters. The van der Waals surface area contributed by atoms with Gasteiger partial charge in [-0.3, -0.25) is 9.39 Å². The Labute approximate surface area is 193 Å². The van der Waals surface area contributed by atoms with Gasteiger partial charge in [0.05, 0.1) is 0 Å². The normalized spacial score (nSPS) is 16.4. The van der Waals surface area contributed by atoms with Crippen LogP contribution in [-0.2, 0) is 11.8 Å². The number of fused-ring (bicyclic) bond motifs is 1. The number of aliphatic imine (C=N–C) groups is 1. The zero-order chi connectivity index (χ0) is 19.2. The maximum Gasteiger partial charge on any atom is 0.191 e. The Hall–Kier alpha value is -1.68. The van der Waals surface area contributed by atoms with Crippen LogP contribution in [-0.4, -0.2) is 40.7 Å². The second-order valence-corrected chi connectivity index (χ2v) is 8.41. The summed E-state index contributed by atoms with van der Waals surface area (Å²) in [5, 5.41) is 17.7. The minimum Gasteiger partial charge on any atom is -0.356 e. The number of hydrogen-bond donors (Lipinski definition) is 2. The lowest BCUT2D eigenvalue weighted by Crippen LogP contribution is -2.46. The third-order valence-corrected chi connectivity index (χ3v) is 6.81. The van der Waals surface area contributed by atoms with E-state index in [1.54, 1.807) is 0 Å². The van der Waals surface area contributed by atoms with Crippen LogP contribution in [0, 0.1) is 0 Å². The molecule has 4 rings (SSSR count). The van der Waals surface area contributed by atoms with E-state index in [-0.39, 0.29) is 29.4 Å². The fourth-order valence-electron chi connectivity index (χ4n) is 4.15. The van der Waals surface area contributed by atoms with Crippen LogP contribution in [0.1, 0.15) is 42.8 Å². The minimum atomic E-state index is 0. The molecule has 8 heteroatoms. The summed E-state index contributed by atoms with van der Waals surface area (Å²) in [5.41, 5.74) is 1.13. The fraction of sp³-hybridized carbons (Fsp3) is 0.476. The second kappa shape index (κ2) is 10.4. The molecule has 3 aromatic heterocycles. The van der Waals surface area contributed by atoms with Crippen LogP contribution in [0.3, 0.4) is 0 Å². The molecule has 1 saturated carbocycles. The summed E-state index contributed by atoms with van der Waals surface area (Å²) in [6, 6.07) is 10.4. The summed E-state index contributed by atoms with van der Waals surface area (Å²) >= 11 is 1.89. The predicted molar refractivity (Wildman–Crippen MR) is 131 cm³/mol. The van der Waals surface area contributed by atoms with Gasteiger partial charge in [0, 0.05) is 43.0 Å². The monoisotopic (exact) mass is 524 g/mol. The molecule has 0 aliphatic heterocycles. The molecule has 3 aromatic rings. The SMILES string of the molecule is CN=C(NCCc1nnc2ccccn12)NCC1(c2cccs2)CCCCC1.I. The maximum absolute atomic E-state index is 4.42. The Kier molecular flexibility index (Phi) is 7.88. The van der Waals surface area contributed by atoms with Gasteiger partial charge in [-0.25, -0.2) is 0 Å². The van der Waals surface area contributed by atoms with Gasteiger partial charge in [0.15, 0.2) is 11.6 Å². The highest BCUT2D eigenvalue weighted by Crippen LogP contribution is 2.41. The van der Waals surface area contributed by atoms with Crippen molar-refractivity contribution in [3.05, 3.63) is 52.6 Å². The molecule has 1 fully saturated rings. The Morgan fingerprint density at radius 3 is 2.76 bits per heavy atom. The summed E-state index contributed by atoms with van der Waals surface area (Å²) in [6.07, 6.45) is 9.28. The molecule has 1 aliphatic carbocycles. The molecular weight excluding hydrogens is 495 g/mol. The first-order chi connectivity index (χ1) is 13.8. The number of rotatable bonds is 6. The van der Waals surface area contributed by atoms with E-state index in [1.807, 2.05) is 47.2 Å². The van der Waals surface area contributed by atoms with E-state index in [2.05, 4.69) is 43.3 Å². The number of halogens is 1. The molecular formula is C21H29IN6S. The third-order valence-electron chi connectivity index (χ3n) is 5.70. The summed E-state index contributed by atoms with van der Waals surface area (Å²) in [4.78, 5) is 5.93. The molecule has 29 heavy (non-hydrogen) atoms. The quantitative estimate of drug-likeness (QED) is 0.291. The Balaban J connectivity index is 0.00000240. The molecule has 0 aromatic carbocycles. The lowest BCUT2D eigenvalue weighted by atomic mass is 9.73. The third kappa shape index (κ3) is 5.09. The number of aromatic nitrogens is 3. The predicted octanol–water partition coefficient (Wildman–Crippen LogP) is 4.02. The highest BCUT2D eigenvalue weighted by atomic mass is 127. The van der Waals surface area contributed by atoms with Crippen molar-refractivity contribution in [2.75, 3.05) is 20.1 Å². The van der Waals surface area contributed by atoms with Gasteiger partial charge in [0.25, 0.3) is 0 Å². The van der Waals surface area contributed by atoms with Crippen LogP contribution < -0.4 is 10.6 Å². The largest absolute Gasteiger partial charge is 0.356 e. The standard InChI is InChI=1S/C21H28N6S.HI/c1-22-20(23-13-10-19-26-25-18-9-3-6-14-27(18)19)24-16-21(11-4-2-5-12-21)17-8-7-15-28-17;/h3,6-9,14-15H,2,4-5,10-13,16H2,1H3,(H2,22,23,24);1H. The molecule has 3 heterocycles. The van der Waals surface area contributed by atoms with Crippen molar-refractivity contribution in [2.45, 2.75) is 43.9 Å². The Bertz CT molecular complexity index is 914. The highest BCUT2D eigenvalue weighted by Gasteiger charge is 2.34. The van der Waals surface area contributed by atoms with Crippen molar-refractivity contribution in [2.24, 2.45) is 4.99 Å². The molecule has 0 spiro atoms. The second-order valence-electron chi connectivity index (χ2n) is 7.47. The van der Waals surface area contributed by atoms with Crippen molar-refractivity contribution in [1.82, 2.24) is 25.2 Å². The van der Waals surface area contributed by atoms with Gasteiger partial charge in [-0.15, -0.1) is 45.5 Å². The Morgan fingerprint density at radius 1 is 1.14 bits per heavy atom. The molecule has 2 N–H and O–H groups in total. The molecule has 0 atom stereocenters. The van der Waals surface area contributed by atoms with E-state index in [1.165, 1.54) is 37.0 Å². The van der Waals surface area contributed by atoms with Crippen LogP contribution in [0.5, 0.6) is 0 Å². The van der Waals surface area contributed by atoms with E-state index < -0.39 is 0 Å². The summed E-state index contributed by atoms with van der Waals surface area (Å²) < 4.78 is 2.03. The van der Waals surface area contributed by atoms with Gasteiger partial charge in [0.1, 0.15) is 5.82 Å². The average molecular weight is 524 g/mol. The van der Waals surface area contributed by atoms with Crippen molar-refractivity contribution >= 4 is 46.9 Å². The zero-order valence-corrected chi connectivity index (χ0v) is 20.0. The Morgan fingerprint density at radius 2 is 2.00 bits per heavy atom. The van der Waals surface area contributed by atoms with Gasteiger partial charge in [-0.05, 0) is 36.4 Å². The topological polar surface area (TPSA) is 66.6 Å². The zero-order valence-electron chi connectivity index (χ0n) is 16.8. The van der Waals surface area contributed by atoms with E-state index in [0.717, 1.165) is 36.9 Å². The van der Waals surface area contributed by atoms with Crippen molar-refractivity contribution in [3.8, 4) is 0 Å². The maximum atomic E-state index is 4.42. The molecule has 0 bridgehead atoms. The number of thiophene rings is 1. The first kappa shape index (κ1) is 22.0. The number of nitrogens with one attached hydrogen (secondary N) is 2. The van der Waals surface area contributed by atoms with Gasteiger partial charge < -0.3 is 10.6 Å². The summed E-state index contributed by atoms with van der Waals surface area (Å²) in [5.74, 6) is 1.82. The van der Waals surface area contributed by atoms with E-state index >= 15 is 0 Å². The lowest BCUT2D eigenvalue weighted by Gasteiger charge is -2.37. The summed E-state index contributed by atoms with van der Waals surface area (Å²) in [6.45, 7) is 1.70.